The van der Waals surface area contributed by atoms with Crippen LogP contribution in [0.4, 0.5) is 4.39 Å². The minimum Gasteiger partial charge on any atom is -0.354 e. The van der Waals surface area contributed by atoms with Crippen LogP contribution in [0.5, 0.6) is 0 Å². The maximum absolute atomic E-state index is 12.8. The highest BCUT2D eigenvalue weighted by Gasteiger charge is 2.09. The van der Waals surface area contributed by atoms with Crippen molar-refractivity contribution in [1.29, 1.82) is 0 Å². The molecule has 1 aromatic carbocycles. The van der Waals surface area contributed by atoms with Crippen LogP contribution in [-0.4, -0.2) is 29.9 Å². The van der Waals surface area contributed by atoms with Gasteiger partial charge < -0.3 is 10.6 Å². The molecule has 0 aliphatic heterocycles. The van der Waals surface area contributed by atoms with Gasteiger partial charge in [0.1, 0.15) is 10.7 Å². The number of carbonyl (C=O) groups is 2. The summed E-state index contributed by atoms with van der Waals surface area (Å²) in [6.45, 7) is 2.66. The molecule has 5 nitrogen and oxygen atoms in total. The van der Waals surface area contributed by atoms with Gasteiger partial charge in [-0.15, -0.1) is 11.3 Å². The van der Waals surface area contributed by atoms with Crippen LogP contribution in [0.1, 0.15) is 27.2 Å². The lowest BCUT2D eigenvalue weighted by Gasteiger charge is -2.06. The number of nitrogens with zero attached hydrogens (tertiary/aromatic N) is 1. The van der Waals surface area contributed by atoms with Gasteiger partial charge in [0.25, 0.3) is 5.91 Å². The molecule has 0 aliphatic rings. The number of amides is 2. The maximum Gasteiger partial charge on any atom is 0.263 e. The van der Waals surface area contributed by atoms with Gasteiger partial charge in [-0.1, -0.05) is 19.1 Å². The quantitative estimate of drug-likeness (QED) is 0.760. The molecular formula is C16H18FN3O2S. The molecule has 0 fully saturated rings. The first-order valence-corrected chi connectivity index (χ1v) is 8.14. The van der Waals surface area contributed by atoms with Crippen molar-refractivity contribution in [2.75, 3.05) is 13.1 Å². The summed E-state index contributed by atoms with van der Waals surface area (Å²) < 4.78 is 12.8. The Balaban J connectivity index is 1.67. The highest BCUT2D eigenvalue weighted by molar-refractivity contribution is 7.13. The van der Waals surface area contributed by atoms with E-state index in [0.29, 0.717) is 18.0 Å². The Bertz CT molecular complexity index is 670. The van der Waals surface area contributed by atoms with E-state index in [9.17, 15) is 14.0 Å². The molecule has 23 heavy (non-hydrogen) atoms. The second kappa shape index (κ2) is 8.38. The largest absolute Gasteiger partial charge is 0.354 e. The van der Waals surface area contributed by atoms with E-state index in [1.807, 2.05) is 6.92 Å². The smallest absolute Gasteiger partial charge is 0.263 e. The minimum atomic E-state index is -0.328. The zero-order valence-electron chi connectivity index (χ0n) is 12.8. The number of carbonyl (C=O) groups excluding carboxylic acids is 2. The predicted octanol–water partition coefficient (Wildman–Crippen LogP) is 1.93. The fourth-order valence-electron chi connectivity index (χ4n) is 1.89. The Morgan fingerprint density at radius 3 is 2.52 bits per heavy atom. The SMILES string of the molecule is CCc1ncc(C(=O)NCCNC(=O)Cc2ccc(F)cc2)s1. The molecule has 0 unspecified atom stereocenters. The Kier molecular flexibility index (Phi) is 6.22. The summed E-state index contributed by atoms with van der Waals surface area (Å²) >= 11 is 1.37. The van der Waals surface area contributed by atoms with Crippen LogP contribution in [0.25, 0.3) is 0 Å². The molecule has 2 N–H and O–H groups in total. The number of aromatic nitrogens is 1. The summed E-state index contributed by atoms with van der Waals surface area (Å²) in [4.78, 5) is 28.3. The van der Waals surface area contributed by atoms with E-state index in [2.05, 4.69) is 15.6 Å². The Morgan fingerprint density at radius 2 is 1.87 bits per heavy atom. The summed E-state index contributed by atoms with van der Waals surface area (Å²) in [6, 6.07) is 5.79. The normalized spacial score (nSPS) is 10.3. The standard InChI is InChI=1S/C16H18FN3O2S/c1-2-15-20-10-13(23-15)16(22)19-8-7-18-14(21)9-11-3-5-12(17)6-4-11/h3-6,10H,2,7-9H2,1H3,(H,18,21)(H,19,22). The molecule has 2 rings (SSSR count). The van der Waals surface area contributed by atoms with E-state index in [1.165, 1.54) is 23.5 Å². The lowest BCUT2D eigenvalue weighted by atomic mass is 10.1. The van der Waals surface area contributed by atoms with Crippen LogP contribution in [0.2, 0.25) is 0 Å². The highest BCUT2D eigenvalue weighted by Crippen LogP contribution is 2.12. The number of hydrogen-bond donors (Lipinski definition) is 2. The monoisotopic (exact) mass is 335 g/mol. The Morgan fingerprint density at radius 1 is 1.17 bits per heavy atom. The molecule has 0 saturated heterocycles. The summed E-state index contributed by atoms with van der Waals surface area (Å²) in [5.41, 5.74) is 0.740. The van der Waals surface area contributed by atoms with Gasteiger partial charge in [-0.05, 0) is 24.1 Å². The van der Waals surface area contributed by atoms with Crippen LogP contribution in [-0.2, 0) is 17.6 Å². The van der Waals surface area contributed by atoms with Crippen molar-refractivity contribution in [3.8, 4) is 0 Å². The first kappa shape index (κ1) is 17.1. The average molecular weight is 335 g/mol. The lowest BCUT2D eigenvalue weighted by Crippen LogP contribution is -2.35. The van der Waals surface area contributed by atoms with Gasteiger partial charge in [0, 0.05) is 13.1 Å². The van der Waals surface area contributed by atoms with Crippen molar-refractivity contribution in [1.82, 2.24) is 15.6 Å². The van der Waals surface area contributed by atoms with Gasteiger partial charge in [0.05, 0.1) is 17.6 Å². The van der Waals surface area contributed by atoms with Gasteiger partial charge in [-0.2, -0.15) is 0 Å². The number of nitrogens with one attached hydrogen (secondary N) is 2. The lowest BCUT2D eigenvalue weighted by molar-refractivity contribution is -0.120. The fourth-order valence-corrected chi connectivity index (χ4v) is 2.67. The van der Waals surface area contributed by atoms with Crippen LogP contribution in [0, 0.1) is 5.82 Å². The molecular weight excluding hydrogens is 317 g/mol. The number of thiazole rings is 1. The molecule has 0 spiro atoms. The van der Waals surface area contributed by atoms with Crippen LogP contribution >= 0.6 is 11.3 Å². The zero-order valence-corrected chi connectivity index (χ0v) is 13.6. The Hall–Kier alpha value is -2.28. The van der Waals surface area contributed by atoms with Crippen LogP contribution in [0.15, 0.2) is 30.5 Å². The predicted molar refractivity (Wildman–Crippen MR) is 86.9 cm³/mol. The molecule has 0 radical (unpaired) electrons. The molecule has 2 amide bonds. The van der Waals surface area contributed by atoms with Crippen molar-refractivity contribution in [2.24, 2.45) is 0 Å². The third-order valence-corrected chi connectivity index (χ3v) is 4.23. The molecule has 122 valence electrons. The Labute approximate surface area is 137 Å². The molecule has 1 heterocycles. The molecule has 0 saturated carbocycles. The van der Waals surface area contributed by atoms with Gasteiger partial charge in [-0.3, -0.25) is 9.59 Å². The number of hydrogen-bond acceptors (Lipinski definition) is 4. The van der Waals surface area contributed by atoms with Crippen molar-refractivity contribution in [2.45, 2.75) is 19.8 Å². The van der Waals surface area contributed by atoms with Gasteiger partial charge in [0.2, 0.25) is 5.91 Å². The second-order valence-electron chi connectivity index (χ2n) is 4.88. The first-order chi connectivity index (χ1) is 11.1. The van der Waals surface area contributed by atoms with Crippen LogP contribution in [0.3, 0.4) is 0 Å². The van der Waals surface area contributed by atoms with Crippen molar-refractivity contribution >= 4 is 23.2 Å². The number of aryl methyl sites for hydroxylation is 1. The summed E-state index contributed by atoms with van der Waals surface area (Å²) in [5, 5.41) is 6.36. The van der Waals surface area contributed by atoms with E-state index in [4.69, 9.17) is 0 Å². The third kappa shape index (κ3) is 5.45. The second-order valence-corrected chi connectivity index (χ2v) is 6.00. The van der Waals surface area contributed by atoms with Crippen molar-refractivity contribution in [3.63, 3.8) is 0 Å². The maximum atomic E-state index is 12.8. The first-order valence-electron chi connectivity index (χ1n) is 7.32. The molecule has 1 aromatic heterocycles. The van der Waals surface area contributed by atoms with Gasteiger partial charge in [0.15, 0.2) is 0 Å². The van der Waals surface area contributed by atoms with Gasteiger partial charge >= 0.3 is 0 Å². The highest BCUT2D eigenvalue weighted by atomic mass is 32.1. The molecule has 0 bridgehead atoms. The minimum absolute atomic E-state index is 0.170. The zero-order chi connectivity index (χ0) is 16.7. The van der Waals surface area contributed by atoms with E-state index in [-0.39, 0.29) is 24.1 Å². The summed E-state index contributed by atoms with van der Waals surface area (Å²) in [6.07, 6.45) is 2.55. The van der Waals surface area contributed by atoms with E-state index >= 15 is 0 Å². The number of halogens is 1. The van der Waals surface area contributed by atoms with E-state index < -0.39 is 0 Å². The van der Waals surface area contributed by atoms with E-state index in [1.54, 1.807) is 18.3 Å². The van der Waals surface area contributed by atoms with E-state index in [0.717, 1.165) is 17.0 Å². The van der Waals surface area contributed by atoms with Crippen molar-refractivity contribution < 1.29 is 14.0 Å². The van der Waals surface area contributed by atoms with Gasteiger partial charge in [-0.25, -0.2) is 9.37 Å². The fraction of sp³-hybridized carbons (Fsp3) is 0.312. The average Bonchev–Trinajstić information content (AvgIpc) is 3.03. The van der Waals surface area contributed by atoms with Crippen molar-refractivity contribution in [3.05, 3.63) is 51.7 Å². The third-order valence-electron chi connectivity index (χ3n) is 3.09. The number of benzene rings is 1. The molecule has 7 heteroatoms. The topological polar surface area (TPSA) is 71.1 Å². The molecule has 0 aliphatic carbocycles. The number of rotatable bonds is 7. The van der Waals surface area contributed by atoms with Crippen LogP contribution < -0.4 is 10.6 Å². The summed E-state index contributed by atoms with van der Waals surface area (Å²) in [5.74, 6) is -0.682. The molecule has 2 aromatic rings. The summed E-state index contributed by atoms with van der Waals surface area (Å²) in [7, 11) is 0. The molecule has 0 atom stereocenters.